The maximum absolute atomic E-state index is 6.15. The molecule has 1 unspecified atom stereocenters. The molecule has 4 aromatic carbocycles. The van der Waals surface area contributed by atoms with Crippen LogP contribution in [-0.2, 0) is 5.41 Å². The molecule has 0 radical (unpaired) electrons. The highest BCUT2D eigenvalue weighted by atomic mass is 16.5. The van der Waals surface area contributed by atoms with Crippen molar-refractivity contribution in [1.29, 1.82) is 0 Å². The van der Waals surface area contributed by atoms with Crippen LogP contribution in [0.3, 0.4) is 0 Å². The van der Waals surface area contributed by atoms with Gasteiger partial charge in [0, 0.05) is 16.9 Å². The van der Waals surface area contributed by atoms with Crippen LogP contribution in [0.5, 0.6) is 17.2 Å². The molecule has 6 rings (SSSR count). The molecule has 0 saturated carbocycles. The van der Waals surface area contributed by atoms with Crippen LogP contribution in [0.4, 0.5) is 0 Å². The van der Waals surface area contributed by atoms with Crippen molar-refractivity contribution in [1.82, 2.24) is 0 Å². The van der Waals surface area contributed by atoms with Crippen molar-refractivity contribution in [3.05, 3.63) is 132 Å². The number of hydrogen-bond acceptors (Lipinski definition) is 3. The molecule has 0 N–H and O–H groups in total. The lowest BCUT2D eigenvalue weighted by Crippen LogP contribution is -2.36. The van der Waals surface area contributed by atoms with Gasteiger partial charge in [0.25, 0.3) is 0 Å². The SMILES string of the molecule is COc1cccc(C2(c3cccc(OC)c3)C=CC=CC2C2=CCOc3ccc4ccccc4c32)c1. The highest BCUT2D eigenvalue weighted by molar-refractivity contribution is 5.98. The van der Waals surface area contributed by atoms with E-state index in [0.29, 0.717) is 6.61 Å². The molecule has 1 atom stereocenters. The largest absolute Gasteiger partial charge is 0.497 e. The third-order valence-electron chi connectivity index (χ3n) is 7.42. The number of hydrogen-bond donors (Lipinski definition) is 0. The van der Waals surface area contributed by atoms with Gasteiger partial charge in [0.15, 0.2) is 0 Å². The Morgan fingerprint density at radius 2 is 1.50 bits per heavy atom. The molecule has 0 amide bonds. The molecule has 0 spiro atoms. The van der Waals surface area contributed by atoms with Crippen LogP contribution in [0.2, 0.25) is 0 Å². The van der Waals surface area contributed by atoms with E-state index in [1.165, 1.54) is 21.9 Å². The second-order valence-electron chi connectivity index (χ2n) is 9.18. The molecule has 0 saturated heterocycles. The zero-order valence-corrected chi connectivity index (χ0v) is 20.5. The average molecular weight is 473 g/mol. The van der Waals surface area contributed by atoms with E-state index in [4.69, 9.17) is 14.2 Å². The molecule has 2 aliphatic rings. The Morgan fingerprint density at radius 3 is 2.22 bits per heavy atom. The molecule has 4 aromatic rings. The van der Waals surface area contributed by atoms with Crippen LogP contribution in [0.15, 0.2) is 115 Å². The number of benzene rings is 4. The average Bonchev–Trinajstić information content (AvgIpc) is 2.96. The number of methoxy groups -OCH3 is 2. The van der Waals surface area contributed by atoms with Gasteiger partial charge in [-0.2, -0.15) is 0 Å². The van der Waals surface area contributed by atoms with Crippen LogP contribution in [0.1, 0.15) is 16.7 Å². The highest BCUT2D eigenvalue weighted by Gasteiger charge is 2.43. The Balaban J connectivity index is 1.64. The molecule has 3 heteroatoms. The minimum atomic E-state index is -0.477. The molecule has 178 valence electrons. The van der Waals surface area contributed by atoms with Crippen molar-refractivity contribution in [2.24, 2.45) is 5.92 Å². The van der Waals surface area contributed by atoms with Crippen LogP contribution in [0, 0.1) is 5.92 Å². The molecular formula is C33H28O3. The first-order valence-corrected chi connectivity index (χ1v) is 12.2. The first kappa shape index (κ1) is 22.2. The molecular weight excluding hydrogens is 444 g/mol. The summed E-state index contributed by atoms with van der Waals surface area (Å²) in [6.07, 6.45) is 11.2. The van der Waals surface area contributed by atoms with Gasteiger partial charge >= 0.3 is 0 Å². The molecule has 1 aliphatic heterocycles. The van der Waals surface area contributed by atoms with Gasteiger partial charge in [0.05, 0.1) is 14.2 Å². The Bertz CT molecular complexity index is 1480. The standard InChI is InChI=1S/C33H28O3/c1-34-26-12-7-10-24(21-26)33(25-11-8-13-27(22-25)35-2)19-6-5-15-30(33)29-18-20-36-31-17-16-23-9-3-4-14-28(23)32(29)31/h3-19,21-22,30H,20H2,1-2H3. The van der Waals surface area contributed by atoms with Crippen LogP contribution >= 0.6 is 0 Å². The van der Waals surface area contributed by atoms with Gasteiger partial charge < -0.3 is 14.2 Å². The number of fused-ring (bicyclic) bond motifs is 3. The summed E-state index contributed by atoms with van der Waals surface area (Å²) in [4.78, 5) is 0. The van der Waals surface area contributed by atoms with Crippen LogP contribution in [0.25, 0.3) is 16.3 Å². The second-order valence-corrected chi connectivity index (χ2v) is 9.18. The summed E-state index contributed by atoms with van der Waals surface area (Å²) in [6.45, 7) is 0.543. The lowest BCUT2D eigenvalue weighted by molar-refractivity contribution is 0.355. The predicted molar refractivity (Wildman–Crippen MR) is 146 cm³/mol. The van der Waals surface area contributed by atoms with Crippen molar-refractivity contribution < 1.29 is 14.2 Å². The topological polar surface area (TPSA) is 27.7 Å². The normalized spacial score (nSPS) is 17.7. The summed E-state index contributed by atoms with van der Waals surface area (Å²) >= 11 is 0. The monoisotopic (exact) mass is 472 g/mol. The Labute approximate surface area is 212 Å². The minimum absolute atomic E-state index is 0.0233. The summed E-state index contributed by atoms with van der Waals surface area (Å²) in [7, 11) is 3.43. The fourth-order valence-electron chi connectivity index (χ4n) is 5.74. The number of ether oxygens (including phenoxy) is 3. The first-order chi connectivity index (χ1) is 17.7. The van der Waals surface area contributed by atoms with Crippen molar-refractivity contribution >= 4 is 16.3 Å². The summed E-state index contributed by atoms with van der Waals surface area (Å²) in [6, 6.07) is 29.6. The smallest absolute Gasteiger partial charge is 0.127 e. The molecule has 0 bridgehead atoms. The highest BCUT2D eigenvalue weighted by Crippen LogP contribution is 2.52. The Hall–Kier alpha value is -4.24. The van der Waals surface area contributed by atoms with Crippen molar-refractivity contribution in [3.63, 3.8) is 0 Å². The zero-order chi connectivity index (χ0) is 24.5. The van der Waals surface area contributed by atoms with Gasteiger partial charge in [-0.05, 0) is 63.9 Å². The lowest BCUT2D eigenvalue weighted by atomic mass is 9.60. The Morgan fingerprint density at radius 1 is 0.778 bits per heavy atom. The number of allylic oxidation sites excluding steroid dienone is 5. The maximum atomic E-state index is 6.15. The third kappa shape index (κ3) is 3.51. The van der Waals surface area contributed by atoms with E-state index < -0.39 is 5.41 Å². The Kier molecular flexibility index (Phi) is 5.61. The molecule has 1 heterocycles. The van der Waals surface area contributed by atoms with E-state index in [-0.39, 0.29) is 5.92 Å². The second kappa shape index (κ2) is 9.09. The molecule has 0 aromatic heterocycles. The molecule has 0 fully saturated rings. The molecule has 3 nitrogen and oxygen atoms in total. The molecule has 36 heavy (non-hydrogen) atoms. The summed E-state index contributed by atoms with van der Waals surface area (Å²) in [5.41, 5.74) is 4.28. The summed E-state index contributed by atoms with van der Waals surface area (Å²) < 4.78 is 17.5. The fourth-order valence-corrected chi connectivity index (χ4v) is 5.74. The number of rotatable bonds is 5. The zero-order valence-electron chi connectivity index (χ0n) is 20.5. The van der Waals surface area contributed by atoms with E-state index in [1.807, 2.05) is 12.1 Å². The summed E-state index contributed by atoms with van der Waals surface area (Å²) in [5, 5.41) is 2.41. The maximum Gasteiger partial charge on any atom is 0.127 e. The minimum Gasteiger partial charge on any atom is -0.497 e. The van der Waals surface area contributed by atoms with Crippen LogP contribution in [-0.4, -0.2) is 20.8 Å². The summed E-state index contributed by atoms with van der Waals surface area (Å²) in [5.74, 6) is 2.63. The van der Waals surface area contributed by atoms with E-state index in [9.17, 15) is 0 Å². The third-order valence-corrected chi connectivity index (χ3v) is 7.42. The van der Waals surface area contributed by atoms with Gasteiger partial charge in [-0.1, -0.05) is 78.9 Å². The van der Waals surface area contributed by atoms with Gasteiger partial charge in [0.1, 0.15) is 23.9 Å². The van der Waals surface area contributed by atoms with E-state index in [1.54, 1.807) is 14.2 Å². The van der Waals surface area contributed by atoms with Crippen molar-refractivity contribution in [3.8, 4) is 17.2 Å². The lowest BCUT2D eigenvalue weighted by Gasteiger charge is -2.42. The quantitative estimate of drug-likeness (QED) is 0.304. The van der Waals surface area contributed by atoms with E-state index >= 15 is 0 Å². The van der Waals surface area contributed by atoms with Crippen molar-refractivity contribution in [2.75, 3.05) is 20.8 Å². The van der Waals surface area contributed by atoms with Gasteiger partial charge in [-0.15, -0.1) is 0 Å². The van der Waals surface area contributed by atoms with Gasteiger partial charge in [-0.25, -0.2) is 0 Å². The van der Waals surface area contributed by atoms with Crippen molar-refractivity contribution in [2.45, 2.75) is 5.41 Å². The van der Waals surface area contributed by atoms with E-state index in [0.717, 1.165) is 28.4 Å². The van der Waals surface area contributed by atoms with Gasteiger partial charge in [0.2, 0.25) is 0 Å². The first-order valence-electron chi connectivity index (χ1n) is 12.2. The van der Waals surface area contributed by atoms with E-state index in [2.05, 4.69) is 103 Å². The molecule has 1 aliphatic carbocycles. The van der Waals surface area contributed by atoms with Crippen LogP contribution < -0.4 is 14.2 Å². The van der Waals surface area contributed by atoms with Gasteiger partial charge in [-0.3, -0.25) is 0 Å². The predicted octanol–water partition coefficient (Wildman–Crippen LogP) is 7.36. The fraction of sp³-hybridized carbons (Fsp3) is 0.152.